The van der Waals surface area contributed by atoms with E-state index in [0.717, 1.165) is 19.4 Å². The number of furan rings is 1. The smallest absolute Gasteiger partial charge is 0.259 e. The second-order valence-corrected chi connectivity index (χ2v) is 6.48. The highest BCUT2D eigenvalue weighted by Gasteiger charge is 2.19. The zero-order chi connectivity index (χ0) is 19.2. The summed E-state index contributed by atoms with van der Waals surface area (Å²) in [6, 6.07) is 8.40. The first kappa shape index (κ1) is 18.7. The number of hydrogen-bond donors (Lipinski definition) is 2. The number of carbonyl (C=O) groups excluding carboxylic acids is 3. The molecule has 27 heavy (non-hydrogen) atoms. The van der Waals surface area contributed by atoms with Gasteiger partial charge in [0.05, 0.1) is 23.1 Å². The second kappa shape index (κ2) is 8.53. The van der Waals surface area contributed by atoms with Gasteiger partial charge in [-0.3, -0.25) is 14.4 Å². The number of piperidine rings is 1. The Bertz CT molecular complexity index is 843. The molecule has 2 aromatic rings. The van der Waals surface area contributed by atoms with Crippen molar-refractivity contribution in [1.29, 1.82) is 0 Å². The Morgan fingerprint density at radius 3 is 2.67 bits per heavy atom. The Morgan fingerprint density at radius 1 is 1.11 bits per heavy atom. The predicted molar refractivity (Wildman–Crippen MR) is 101 cm³/mol. The fourth-order valence-corrected chi connectivity index (χ4v) is 3.10. The molecule has 3 rings (SSSR count). The maximum Gasteiger partial charge on any atom is 0.259 e. The van der Waals surface area contributed by atoms with Crippen LogP contribution in [0.4, 0.5) is 5.69 Å². The molecule has 1 fully saturated rings. The number of benzene rings is 1. The van der Waals surface area contributed by atoms with Crippen molar-refractivity contribution in [2.45, 2.75) is 26.2 Å². The molecular weight excluding hydrogens is 346 g/mol. The average Bonchev–Trinajstić information content (AvgIpc) is 3.10. The van der Waals surface area contributed by atoms with E-state index < -0.39 is 0 Å². The molecule has 0 radical (unpaired) electrons. The van der Waals surface area contributed by atoms with E-state index >= 15 is 0 Å². The first-order chi connectivity index (χ1) is 13.1. The number of rotatable bonds is 6. The van der Waals surface area contributed by atoms with Gasteiger partial charge in [0.25, 0.3) is 11.8 Å². The van der Waals surface area contributed by atoms with Crippen molar-refractivity contribution in [2.75, 3.05) is 25.0 Å². The van der Waals surface area contributed by atoms with E-state index in [1.54, 1.807) is 42.2 Å². The topological polar surface area (TPSA) is 91.7 Å². The summed E-state index contributed by atoms with van der Waals surface area (Å²) < 4.78 is 5.15. The van der Waals surface area contributed by atoms with Gasteiger partial charge >= 0.3 is 0 Å². The van der Waals surface area contributed by atoms with E-state index in [1.165, 1.54) is 6.26 Å². The minimum absolute atomic E-state index is 0.138. The van der Waals surface area contributed by atoms with Crippen molar-refractivity contribution in [3.8, 4) is 0 Å². The van der Waals surface area contributed by atoms with E-state index in [-0.39, 0.29) is 17.7 Å². The van der Waals surface area contributed by atoms with Gasteiger partial charge < -0.3 is 20.0 Å². The van der Waals surface area contributed by atoms with Crippen molar-refractivity contribution >= 4 is 23.4 Å². The van der Waals surface area contributed by atoms with Crippen molar-refractivity contribution in [1.82, 2.24) is 10.2 Å². The number of likely N-dealkylation sites (tertiary alicyclic amines) is 1. The lowest BCUT2D eigenvalue weighted by molar-refractivity contribution is -0.133. The van der Waals surface area contributed by atoms with Crippen LogP contribution in [-0.2, 0) is 4.79 Å². The summed E-state index contributed by atoms with van der Waals surface area (Å²) in [6.45, 7) is 3.31. The van der Waals surface area contributed by atoms with E-state index in [0.29, 0.717) is 42.1 Å². The van der Waals surface area contributed by atoms with Gasteiger partial charge in [-0.15, -0.1) is 0 Å². The van der Waals surface area contributed by atoms with Crippen LogP contribution in [0.1, 0.15) is 45.7 Å². The quantitative estimate of drug-likeness (QED) is 0.819. The van der Waals surface area contributed by atoms with Gasteiger partial charge in [0.1, 0.15) is 5.76 Å². The lowest BCUT2D eigenvalue weighted by Crippen LogP contribution is -2.41. The maximum atomic E-state index is 12.5. The lowest BCUT2D eigenvalue weighted by Gasteiger charge is -2.26. The van der Waals surface area contributed by atoms with Gasteiger partial charge in [-0.25, -0.2) is 0 Å². The Hall–Kier alpha value is -3.09. The zero-order valence-corrected chi connectivity index (χ0v) is 15.3. The number of para-hydroxylation sites is 1. The average molecular weight is 369 g/mol. The fraction of sp³-hybridized carbons (Fsp3) is 0.350. The molecule has 1 aromatic carbocycles. The molecule has 3 amide bonds. The first-order valence-corrected chi connectivity index (χ1v) is 9.06. The monoisotopic (exact) mass is 369 g/mol. The number of amides is 3. The molecule has 0 spiro atoms. The number of nitrogens with one attached hydrogen (secondary N) is 2. The molecule has 2 N–H and O–H groups in total. The molecule has 1 aliphatic rings. The van der Waals surface area contributed by atoms with Crippen molar-refractivity contribution in [3.63, 3.8) is 0 Å². The standard InChI is InChI=1S/C20H23N3O4/c1-14-15(9-13-27-14)20(26)22-17-7-3-2-6-16(17)19(25)21-10-12-23-11-5-4-8-18(23)24/h2-3,6-7,9,13H,4-5,8,10-12H2,1H3,(H,21,25)(H,22,26). The third kappa shape index (κ3) is 4.55. The van der Waals surface area contributed by atoms with Crippen molar-refractivity contribution < 1.29 is 18.8 Å². The second-order valence-electron chi connectivity index (χ2n) is 6.48. The zero-order valence-electron chi connectivity index (χ0n) is 15.3. The molecule has 7 heteroatoms. The number of carbonyl (C=O) groups is 3. The largest absolute Gasteiger partial charge is 0.469 e. The van der Waals surface area contributed by atoms with Gasteiger partial charge in [0.15, 0.2) is 0 Å². The summed E-state index contributed by atoms with van der Waals surface area (Å²) in [5.74, 6) is 0.0268. The highest BCUT2D eigenvalue weighted by molar-refractivity contribution is 6.09. The summed E-state index contributed by atoms with van der Waals surface area (Å²) >= 11 is 0. The van der Waals surface area contributed by atoms with Crippen LogP contribution in [-0.4, -0.2) is 42.3 Å². The van der Waals surface area contributed by atoms with E-state index in [9.17, 15) is 14.4 Å². The van der Waals surface area contributed by atoms with E-state index in [1.807, 2.05) is 0 Å². The Morgan fingerprint density at radius 2 is 1.93 bits per heavy atom. The number of anilines is 1. The minimum Gasteiger partial charge on any atom is -0.469 e. The number of aryl methyl sites for hydroxylation is 1. The molecule has 7 nitrogen and oxygen atoms in total. The van der Waals surface area contributed by atoms with E-state index in [4.69, 9.17) is 4.42 Å². The SMILES string of the molecule is Cc1occc1C(=O)Nc1ccccc1C(=O)NCCN1CCCCC1=O. The summed E-state index contributed by atoms with van der Waals surface area (Å²) in [7, 11) is 0. The van der Waals surface area contributed by atoms with Crippen LogP contribution in [0.15, 0.2) is 41.0 Å². The third-order valence-corrected chi connectivity index (χ3v) is 4.61. The summed E-state index contributed by atoms with van der Waals surface area (Å²) in [5.41, 5.74) is 1.22. The van der Waals surface area contributed by atoms with Gasteiger partial charge in [-0.2, -0.15) is 0 Å². The van der Waals surface area contributed by atoms with Crippen molar-refractivity contribution in [3.05, 3.63) is 53.5 Å². The summed E-state index contributed by atoms with van der Waals surface area (Å²) in [6.07, 6.45) is 3.97. The molecule has 1 saturated heterocycles. The molecule has 1 aliphatic heterocycles. The molecule has 0 saturated carbocycles. The molecule has 2 heterocycles. The van der Waals surface area contributed by atoms with Crippen LogP contribution >= 0.6 is 0 Å². The molecule has 142 valence electrons. The molecule has 0 unspecified atom stereocenters. The fourth-order valence-electron chi connectivity index (χ4n) is 3.10. The van der Waals surface area contributed by atoms with Gasteiger partial charge in [0.2, 0.25) is 5.91 Å². The van der Waals surface area contributed by atoms with Gasteiger partial charge in [-0.1, -0.05) is 12.1 Å². The van der Waals surface area contributed by atoms with Gasteiger partial charge in [0, 0.05) is 26.1 Å². The highest BCUT2D eigenvalue weighted by Crippen LogP contribution is 2.18. The molecule has 0 aliphatic carbocycles. The summed E-state index contributed by atoms with van der Waals surface area (Å²) in [4.78, 5) is 38.5. The molecule has 1 aromatic heterocycles. The van der Waals surface area contributed by atoms with Crippen LogP contribution < -0.4 is 10.6 Å². The lowest BCUT2D eigenvalue weighted by atomic mass is 10.1. The Balaban J connectivity index is 1.61. The normalized spacial score (nSPS) is 14.1. The maximum absolute atomic E-state index is 12.5. The molecule has 0 atom stereocenters. The van der Waals surface area contributed by atoms with Gasteiger partial charge in [-0.05, 0) is 38.0 Å². The van der Waals surface area contributed by atoms with Crippen molar-refractivity contribution in [2.24, 2.45) is 0 Å². The molecule has 0 bridgehead atoms. The Labute approximate surface area is 157 Å². The number of nitrogens with zero attached hydrogens (tertiary/aromatic N) is 1. The third-order valence-electron chi connectivity index (χ3n) is 4.61. The van der Waals surface area contributed by atoms with Crippen LogP contribution in [0.25, 0.3) is 0 Å². The van der Waals surface area contributed by atoms with Crippen LogP contribution in [0.5, 0.6) is 0 Å². The van der Waals surface area contributed by atoms with Crippen LogP contribution in [0.2, 0.25) is 0 Å². The number of hydrogen-bond acceptors (Lipinski definition) is 4. The molecular formula is C20H23N3O4. The summed E-state index contributed by atoms with van der Waals surface area (Å²) in [5, 5.41) is 5.58. The van der Waals surface area contributed by atoms with Crippen LogP contribution in [0, 0.1) is 6.92 Å². The highest BCUT2D eigenvalue weighted by atomic mass is 16.3. The van der Waals surface area contributed by atoms with Crippen LogP contribution in [0.3, 0.4) is 0 Å². The predicted octanol–water partition coefficient (Wildman–Crippen LogP) is 2.58. The van der Waals surface area contributed by atoms with E-state index in [2.05, 4.69) is 10.6 Å². The first-order valence-electron chi connectivity index (χ1n) is 9.06. The Kier molecular flexibility index (Phi) is 5.90. The minimum atomic E-state index is -0.333.